The molecule has 1 aromatic heterocycles. The molecule has 0 radical (unpaired) electrons. The molecule has 1 heterocycles. The summed E-state index contributed by atoms with van der Waals surface area (Å²) in [6.07, 6.45) is 2.79. The van der Waals surface area contributed by atoms with Crippen LogP contribution in [0.5, 0.6) is 0 Å². The minimum atomic E-state index is 0.267. The lowest BCUT2D eigenvalue weighted by atomic mass is 9.94. The van der Waals surface area contributed by atoms with Gasteiger partial charge in [-0.2, -0.15) is 5.10 Å². The Hall–Kier alpha value is -1.32. The van der Waals surface area contributed by atoms with Gasteiger partial charge in [0, 0.05) is 24.2 Å². The first kappa shape index (κ1) is 12.1. The fourth-order valence-corrected chi connectivity index (χ4v) is 2.12. The van der Waals surface area contributed by atoms with Crippen molar-refractivity contribution in [2.45, 2.75) is 12.3 Å². The van der Waals surface area contributed by atoms with Gasteiger partial charge in [-0.3, -0.25) is 4.68 Å². The fourth-order valence-electron chi connectivity index (χ4n) is 1.92. The predicted molar refractivity (Wildman–Crippen MR) is 70.2 cm³/mol. The van der Waals surface area contributed by atoms with E-state index in [4.69, 9.17) is 17.3 Å². The van der Waals surface area contributed by atoms with Gasteiger partial charge in [0.25, 0.3) is 0 Å². The normalized spacial score (nSPS) is 12.6. The third-order valence-electron chi connectivity index (χ3n) is 2.83. The van der Waals surface area contributed by atoms with Crippen LogP contribution in [0.15, 0.2) is 36.5 Å². The van der Waals surface area contributed by atoms with Gasteiger partial charge >= 0.3 is 0 Å². The van der Waals surface area contributed by atoms with Gasteiger partial charge in [-0.25, -0.2) is 0 Å². The molecule has 3 nitrogen and oxygen atoms in total. The van der Waals surface area contributed by atoms with Crippen LogP contribution in [0.1, 0.15) is 17.2 Å². The molecule has 2 rings (SSSR count). The lowest BCUT2D eigenvalue weighted by Gasteiger charge is -2.14. The summed E-state index contributed by atoms with van der Waals surface area (Å²) in [7, 11) is 1.92. The quantitative estimate of drug-likeness (QED) is 0.904. The maximum atomic E-state index is 5.99. The lowest BCUT2D eigenvalue weighted by molar-refractivity contribution is 0.660. The second-order valence-corrected chi connectivity index (χ2v) is 4.61. The summed E-state index contributed by atoms with van der Waals surface area (Å²) >= 11 is 5.99. The lowest BCUT2D eigenvalue weighted by Crippen LogP contribution is -2.15. The molecule has 90 valence electrons. The Balaban J connectivity index is 2.16. The van der Waals surface area contributed by atoms with E-state index in [1.165, 1.54) is 5.56 Å². The number of hydrogen-bond acceptors (Lipinski definition) is 2. The zero-order valence-electron chi connectivity index (χ0n) is 9.81. The van der Waals surface area contributed by atoms with Crippen LogP contribution >= 0.6 is 11.6 Å². The number of hydrogen-bond donors (Lipinski definition) is 1. The molecule has 1 atom stereocenters. The van der Waals surface area contributed by atoms with Crippen molar-refractivity contribution in [3.63, 3.8) is 0 Å². The first-order chi connectivity index (χ1) is 8.19. The second kappa shape index (κ2) is 5.34. The van der Waals surface area contributed by atoms with Crippen LogP contribution in [-0.4, -0.2) is 16.3 Å². The predicted octanol–water partition coefficient (Wildman–Crippen LogP) is 2.36. The van der Waals surface area contributed by atoms with Crippen molar-refractivity contribution in [3.05, 3.63) is 52.8 Å². The molecule has 17 heavy (non-hydrogen) atoms. The fraction of sp³-hybridized carbons (Fsp3) is 0.308. The molecule has 0 spiro atoms. The molecule has 2 aromatic rings. The maximum Gasteiger partial charge on any atom is 0.0631 e. The SMILES string of the molecule is Cn1ccc(CC(CN)c2cccc(Cl)c2)n1. The molecule has 0 bridgehead atoms. The highest BCUT2D eigenvalue weighted by Crippen LogP contribution is 2.22. The highest BCUT2D eigenvalue weighted by Gasteiger charge is 2.12. The number of aryl methyl sites for hydroxylation is 1. The Kier molecular flexibility index (Phi) is 3.82. The van der Waals surface area contributed by atoms with Crippen LogP contribution in [0, 0.1) is 0 Å². The zero-order valence-corrected chi connectivity index (χ0v) is 10.6. The van der Waals surface area contributed by atoms with Crippen molar-refractivity contribution in [2.75, 3.05) is 6.54 Å². The van der Waals surface area contributed by atoms with E-state index in [0.29, 0.717) is 6.54 Å². The van der Waals surface area contributed by atoms with E-state index in [0.717, 1.165) is 17.1 Å². The van der Waals surface area contributed by atoms with Crippen LogP contribution in [0.25, 0.3) is 0 Å². The van der Waals surface area contributed by atoms with Gasteiger partial charge in [0.05, 0.1) is 5.69 Å². The summed E-state index contributed by atoms with van der Waals surface area (Å²) in [5, 5.41) is 5.13. The summed E-state index contributed by atoms with van der Waals surface area (Å²) in [6.45, 7) is 0.594. The molecule has 0 saturated heterocycles. The average molecular weight is 250 g/mol. The van der Waals surface area contributed by atoms with Gasteiger partial charge in [0.1, 0.15) is 0 Å². The third-order valence-corrected chi connectivity index (χ3v) is 3.06. The van der Waals surface area contributed by atoms with Crippen molar-refractivity contribution in [3.8, 4) is 0 Å². The minimum absolute atomic E-state index is 0.267. The molecule has 1 unspecified atom stereocenters. The number of nitrogens with zero attached hydrogens (tertiary/aromatic N) is 2. The number of rotatable bonds is 4. The van der Waals surface area contributed by atoms with E-state index >= 15 is 0 Å². The van der Waals surface area contributed by atoms with E-state index in [1.807, 2.05) is 37.5 Å². The molecule has 0 aliphatic heterocycles. The Morgan fingerprint density at radius 1 is 1.41 bits per heavy atom. The van der Waals surface area contributed by atoms with Gasteiger partial charge in [0.15, 0.2) is 0 Å². The molecule has 4 heteroatoms. The molecule has 1 aromatic carbocycles. The Bertz CT molecular complexity index is 493. The molecular formula is C13H16ClN3. The summed E-state index contributed by atoms with van der Waals surface area (Å²) in [4.78, 5) is 0. The van der Waals surface area contributed by atoms with Crippen LogP contribution in [0.3, 0.4) is 0 Å². The standard InChI is InChI=1S/C13H16ClN3/c1-17-6-5-13(16-17)8-11(9-15)10-3-2-4-12(14)7-10/h2-7,11H,8-9,15H2,1H3. The van der Waals surface area contributed by atoms with Gasteiger partial charge in [-0.15, -0.1) is 0 Å². The Labute approximate surface area is 106 Å². The Morgan fingerprint density at radius 2 is 2.24 bits per heavy atom. The third kappa shape index (κ3) is 3.08. The minimum Gasteiger partial charge on any atom is -0.330 e. The summed E-state index contributed by atoms with van der Waals surface area (Å²) in [6, 6.07) is 9.89. The van der Waals surface area contributed by atoms with E-state index < -0.39 is 0 Å². The molecular weight excluding hydrogens is 234 g/mol. The van der Waals surface area contributed by atoms with Crippen LogP contribution in [0.2, 0.25) is 5.02 Å². The van der Waals surface area contributed by atoms with Crippen molar-refractivity contribution >= 4 is 11.6 Å². The van der Waals surface area contributed by atoms with Crippen LogP contribution < -0.4 is 5.73 Å². The molecule has 0 amide bonds. The highest BCUT2D eigenvalue weighted by molar-refractivity contribution is 6.30. The smallest absolute Gasteiger partial charge is 0.0631 e. The monoisotopic (exact) mass is 249 g/mol. The topological polar surface area (TPSA) is 43.8 Å². The maximum absolute atomic E-state index is 5.99. The van der Waals surface area contributed by atoms with Crippen molar-refractivity contribution in [2.24, 2.45) is 12.8 Å². The van der Waals surface area contributed by atoms with E-state index in [1.54, 1.807) is 4.68 Å². The number of aromatic nitrogens is 2. The number of halogens is 1. The van der Waals surface area contributed by atoms with Gasteiger partial charge < -0.3 is 5.73 Å². The second-order valence-electron chi connectivity index (χ2n) is 4.17. The average Bonchev–Trinajstić information content (AvgIpc) is 2.72. The van der Waals surface area contributed by atoms with Crippen LogP contribution in [0.4, 0.5) is 0 Å². The molecule has 0 saturated carbocycles. The van der Waals surface area contributed by atoms with Crippen molar-refractivity contribution < 1.29 is 0 Å². The van der Waals surface area contributed by atoms with Crippen molar-refractivity contribution in [1.29, 1.82) is 0 Å². The van der Waals surface area contributed by atoms with Gasteiger partial charge in [-0.05, 0) is 36.7 Å². The van der Waals surface area contributed by atoms with E-state index in [9.17, 15) is 0 Å². The number of nitrogens with two attached hydrogens (primary N) is 1. The largest absolute Gasteiger partial charge is 0.330 e. The first-order valence-corrected chi connectivity index (χ1v) is 6.01. The highest BCUT2D eigenvalue weighted by atomic mass is 35.5. The summed E-state index contributed by atoms with van der Waals surface area (Å²) in [5.74, 6) is 0.267. The Morgan fingerprint density at radius 3 is 2.82 bits per heavy atom. The van der Waals surface area contributed by atoms with Gasteiger partial charge in [-0.1, -0.05) is 23.7 Å². The zero-order chi connectivity index (χ0) is 12.3. The van der Waals surface area contributed by atoms with Crippen LogP contribution in [-0.2, 0) is 13.5 Å². The van der Waals surface area contributed by atoms with E-state index in [-0.39, 0.29) is 5.92 Å². The summed E-state index contributed by atoms with van der Waals surface area (Å²) < 4.78 is 1.81. The molecule has 0 aliphatic carbocycles. The molecule has 0 fully saturated rings. The first-order valence-electron chi connectivity index (χ1n) is 5.63. The molecule has 2 N–H and O–H groups in total. The van der Waals surface area contributed by atoms with Crippen molar-refractivity contribution in [1.82, 2.24) is 9.78 Å². The summed E-state index contributed by atoms with van der Waals surface area (Å²) in [5.41, 5.74) is 8.06. The number of benzene rings is 1. The van der Waals surface area contributed by atoms with Gasteiger partial charge in [0.2, 0.25) is 0 Å². The van der Waals surface area contributed by atoms with E-state index in [2.05, 4.69) is 11.2 Å². The molecule has 0 aliphatic rings.